The topological polar surface area (TPSA) is 52.6 Å². The highest BCUT2D eigenvalue weighted by Crippen LogP contribution is 2.11. The van der Waals surface area contributed by atoms with Gasteiger partial charge in [0.1, 0.15) is 0 Å². The lowest BCUT2D eigenvalue weighted by molar-refractivity contribution is -0.137. The molecular weight excluding hydrogens is 216 g/mol. The summed E-state index contributed by atoms with van der Waals surface area (Å²) in [5.41, 5.74) is 0. The van der Waals surface area contributed by atoms with Crippen molar-refractivity contribution < 1.29 is 9.90 Å². The fourth-order valence-corrected chi connectivity index (χ4v) is 2.45. The van der Waals surface area contributed by atoms with Crippen molar-refractivity contribution >= 4 is 5.97 Å². The SMILES string of the molecule is CCCN1CCCC(NCCCC(=O)O)CC1. The molecule has 0 aromatic rings. The van der Waals surface area contributed by atoms with Crippen molar-refractivity contribution in [2.45, 2.75) is 51.5 Å². The van der Waals surface area contributed by atoms with E-state index < -0.39 is 5.97 Å². The molecular formula is C13H26N2O2. The summed E-state index contributed by atoms with van der Waals surface area (Å²) in [6.45, 7) is 6.69. The van der Waals surface area contributed by atoms with E-state index in [0.717, 1.165) is 13.0 Å². The van der Waals surface area contributed by atoms with Crippen molar-refractivity contribution in [1.29, 1.82) is 0 Å². The highest BCUT2D eigenvalue weighted by molar-refractivity contribution is 5.66. The second-order valence-electron chi connectivity index (χ2n) is 4.92. The normalized spacial score (nSPS) is 22.3. The summed E-state index contributed by atoms with van der Waals surface area (Å²) in [6.07, 6.45) is 5.94. The Kier molecular flexibility index (Phi) is 7.21. The minimum Gasteiger partial charge on any atom is -0.481 e. The second-order valence-corrected chi connectivity index (χ2v) is 4.92. The summed E-state index contributed by atoms with van der Waals surface area (Å²) in [6, 6.07) is 0.589. The van der Waals surface area contributed by atoms with Crippen LogP contribution in [0.25, 0.3) is 0 Å². The first kappa shape index (κ1) is 14.5. The molecule has 17 heavy (non-hydrogen) atoms. The Bertz CT molecular complexity index is 221. The van der Waals surface area contributed by atoms with Crippen LogP contribution in [0.1, 0.15) is 45.4 Å². The van der Waals surface area contributed by atoms with E-state index in [1.165, 1.54) is 45.3 Å². The van der Waals surface area contributed by atoms with Gasteiger partial charge < -0.3 is 15.3 Å². The average molecular weight is 242 g/mol. The van der Waals surface area contributed by atoms with Gasteiger partial charge in [0.15, 0.2) is 0 Å². The second kappa shape index (κ2) is 8.48. The number of hydrogen-bond donors (Lipinski definition) is 2. The van der Waals surface area contributed by atoms with Crippen LogP contribution in [-0.4, -0.2) is 48.2 Å². The Balaban J connectivity index is 2.11. The Labute approximate surface area is 104 Å². The Morgan fingerprint density at radius 2 is 2.24 bits per heavy atom. The molecule has 0 aliphatic carbocycles. The molecule has 1 atom stereocenters. The van der Waals surface area contributed by atoms with E-state index in [0.29, 0.717) is 6.04 Å². The van der Waals surface area contributed by atoms with E-state index in [9.17, 15) is 4.79 Å². The molecule has 1 heterocycles. The molecule has 2 N–H and O–H groups in total. The molecule has 0 bridgehead atoms. The zero-order valence-electron chi connectivity index (χ0n) is 11.0. The number of nitrogens with zero attached hydrogens (tertiary/aromatic N) is 1. The molecule has 1 unspecified atom stereocenters. The minimum atomic E-state index is -0.693. The van der Waals surface area contributed by atoms with E-state index in [1.54, 1.807) is 0 Å². The summed E-state index contributed by atoms with van der Waals surface area (Å²) >= 11 is 0. The van der Waals surface area contributed by atoms with Crippen LogP contribution in [0.3, 0.4) is 0 Å². The van der Waals surface area contributed by atoms with E-state index in [1.807, 2.05) is 0 Å². The maximum absolute atomic E-state index is 10.4. The van der Waals surface area contributed by atoms with Gasteiger partial charge in [0, 0.05) is 12.5 Å². The quantitative estimate of drug-likeness (QED) is 0.667. The van der Waals surface area contributed by atoms with Crippen LogP contribution in [0.2, 0.25) is 0 Å². The van der Waals surface area contributed by atoms with Crippen LogP contribution in [-0.2, 0) is 4.79 Å². The molecule has 4 nitrogen and oxygen atoms in total. The molecule has 100 valence electrons. The van der Waals surface area contributed by atoms with Crippen LogP contribution in [0, 0.1) is 0 Å². The average Bonchev–Trinajstić information content (AvgIpc) is 2.51. The summed E-state index contributed by atoms with van der Waals surface area (Å²) in [5, 5.41) is 12.0. The molecule has 1 rings (SSSR count). The smallest absolute Gasteiger partial charge is 0.303 e. The summed E-state index contributed by atoms with van der Waals surface area (Å²) in [7, 11) is 0. The highest BCUT2D eigenvalue weighted by atomic mass is 16.4. The number of hydrogen-bond acceptors (Lipinski definition) is 3. The largest absolute Gasteiger partial charge is 0.481 e. The van der Waals surface area contributed by atoms with Gasteiger partial charge in [-0.2, -0.15) is 0 Å². The lowest BCUT2D eigenvalue weighted by Crippen LogP contribution is -2.32. The third-order valence-corrected chi connectivity index (χ3v) is 3.36. The van der Waals surface area contributed by atoms with E-state index in [-0.39, 0.29) is 6.42 Å². The van der Waals surface area contributed by atoms with Crippen LogP contribution in [0.4, 0.5) is 0 Å². The first-order chi connectivity index (χ1) is 8.22. The number of nitrogens with one attached hydrogen (secondary N) is 1. The third-order valence-electron chi connectivity index (χ3n) is 3.36. The standard InChI is InChI=1S/C13H26N2O2/c1-2-9-15-10-4-5-12(7-11-15)14-8-3-6-13(16)17/h12,14H,2-11H2,1H3,(H,16,17). The van der Waals surface area contributed by atoms with Crippen LogP contribution in [0.15, 0.2) is 0 Å². The first-order valence-electron chi connectivity index (χ1n) is 6.90. The van der Waals surface area contributed by atoms with Crippen LogP contribution < -0.4 is 5.32 Å². The molecule has 0 aromatic heterocycles. The number of rotatable bonds is 7. The summed E-state index contributed by atoms with van der Waals surface area (Å²) in [5.74, 6) is -0.693. The lowest BCUT2D eigenvalue weighted by Gasteiger charge is -2.19. The van der Waals surface area contributed by atoms with Crippen LogP contribution in [0.5, 0.6) is 0 Å². The van der Waals surface area contributed by atoms with Gasteiger partial charge in [-0.25, -0.2) is 0 Å². The van der Waals surface area contributed by atoms with Gasteiger partial charge in [-0.15, -0.1) is 0 Å². The molecule has 1 aliphatic rings. The Hall–Kier alpha value is -0.610. The third kappa shape index (κ3) is 6.64. The Morgan fingerprint density at radius 3 is 2.94 bits per heavy atom. The number of aliphatic carboxylic acids is 1. The molecule has 0 saturated carbocycles. The predicted molar refractivity (Wildman–Crippen MR) is 69.2 cm³/mol. The van der Waals surface area contributed by atoms with Crippen molar-refractivity contribution in [3.63, 3.8) is 0 Å². The van der Waals surface area contributed by atoms with Gasteiger partial charge >= 0.3 is 5.97 Å². The lowest BCUT2D eigenvalue weighted by atomic mass is 10.1. The number of carboxylic acid groups (broad SMARTS) is 1. The first-order valence-corrected chi connectivity index (χ1v) is 6.90. The highest BCUT2D eigenvalue weighted by Gasteiger charge is 2.15. The van der Waals surface area contributed by atoms with Gasteiger partial charge in [-0.05, 0) is 58.3 Å². The molecule has 1 aliphatic heterocycles. The molecule has 1 saturated heterocycles. The van der Waals surface area contributed by atoms with Crippen molar-refractivity contribution in [2.75, 3.05) is 26.2 Å². The van der Waals surface area contributed by atoms with Crippen molar-refractivity contribution in [1.82, 2.24) is 10.2 Å². The van der Waals surface area contributed by atoms with E-state index >= 15 is 0 Å². The number of likely N-dealkylation sites (tertiary alicyclic amines) is 1. The maximum atomic E-state index is 10.4. The van der Waals surface area contributed by atoms with Crippen molar-refractivity contribution in [3.05, 3.63) is 0 Å². The fraction of sp³-hybridized carbons (Fsp3) is 0.923. The molecule has 4 heteroatoms. The van der Waals surface area contributed by atoms with Crippen LogP contribution >= 0.6 is 0 Å². The minimum absolute atomic E-state index is 0.279. The molecule has 0 aromatic carbocycles. The predicted octanol–water partition coefficient (Wildman–Crippen LogP) is 1.71. The monoisotopic (exact) mass is 242 g/mol. The molecule has 0 amide bonds. The van der Waals surface area contributed by atoms with Gasteiger partial charge in [-0.1, -0.05) is 6.92 Å². The zero-order chi connectivity index (χ0) is 12.5. The number of carbonyl (C=O) groups is 1. The zero-order valence-corrected chi connectivity index (χ0v) is 11.0. The Morgan fingerprint density at radius 1 is 1.41 bits per heavy atom. The summed E-state index contributed by atoms with van der Waals surface area (Å²) < 4.78 is 0. The molecule has 1 fully saturated rings. The maximum Gasteiger partial charge on any atom is 0.303 e. The molecule has 0 radical (unpaired) electrons. The van der Waals surface area contributed by atoms with Gasteiger partial charge in [-0.3, -0.25) is 4.79 Å². The van der Waals surface area contributed by atoms with Crippen molar-refractivity contribution in [3.8, 4) is 0 Å². The summed E-state index contributed by atoms with van der Waals surface area (Å²) in [4.78, 5) is 12.9. The number of carboxylic acids is 1. The van der Waals surface area contributed by atoms with Crippen molar-refractivity contribution in [2.24, 2.45) is 0 Å². The fourth-order valence-electron chi connectivity index (χ4n) is 2.45. The van der Waals surface area contributed by atoms with Gasteiger partial charge in [0.2, 0.25) is 0 Å². The van der Waals surface area contributed by atoms with Gasteiger partial charge in [0.05, 0.1) is 0 Å². The van der Waals surface area contributed by atoms with Gasteiger partial charge in [0.25, 0.3) is 0 Å². The van der Waals surface area contributed by atoms with E-state index in [2.05, 4.69) is 17.1 Å². The molecule has 0 spiro atoms. The van der Waals surface area contributed by atoms with E-state index in [4.69, 9.17) is 5.11 Å².